The van der Waals surface area contributed by atoms with Crippen LogP contribution in [0.25, 0.3) is 0 Å². The summed E-state index contributed by atoms with van der Waals surface area (Å²) in [6, 6.07) is -0.118. The fourth-order valence-electron chi connectivity index (χ4n) is 2.32. The van der Waals surface area contributed by atoms with E-state index in [0.29, 0.717) is 5.92 Å². The Hall–Kier alpha value is -0.220. The summed E-state index contributed by atoms with van der Waals surface area (Å²) in [5, 5.41) is 9.12. The zero-order chi connectivity index (χ0) is 10.2. The number of rotatable bonds is 3. The predicted octanol–water partition coefficient (Wildman–Crippen LogP) is 1.32. The maximum Gasteiger partial charge on any atom is 0.311 e. The van der Waals surface area contributed by atoms with E-state index in [9.17, 15) is 4.79 Å². The first-order valence-electron chi connectivity index (χ1n) is 5.23. The first kappa shape index (κ1) is 10.3. The minimum Gasteiger partial charge on any atom is -0.481 e. The summed E-state index contributed by atoms with van der Waals surface area (Å²) in [7, 11) is 0. The van der Waals surface area contributed by atoms with Crippen LogP contribution in [0, 0.1) is 11.3 Å². The molecular weight excluding hydrogens is 198 g/mol. The van der Waals surface area contributed by atoms with Gasteiger partial charge in [0, 0.05) is 6.04 Å². The molecule has 1 saturated carbocycles. The molecule has 2 aliphatic rings. The van der Waals surface area contributed by atoms with Crippen molar-refractivity contribution in [2.24, 2.45) is 17.1 Å². The SMILES string of the molecule is NC(C1CCCSC1)C1(C(=O)O)CC1. The Balaban J connectivity index is 1.99. The van der Waals surface area contributed by atoms with E-state index < -0.39 is 11.4 Å². The minimum atomic E-state index is -0.680. The van der Waals surface area contributed by atoms with Crippen molar-refractivity contribution in [3.8, 4) is 0 Å². The molecule has 3 nitrogen and oxygen atoms in total. The van der Waals surface area contributed by atoms with E-state index >= 15 is 0 Å². The smallest absolute Gasteiger partial charge is 0.311 e. The zero-order valence-electron chi connectivity index (χ0n) is 8.24. The molecule has 1 heterocycles. The number of hydrogen-bond donors (Lipinski definition) is 2. The topological polar surface area (TPSA) is 63.3 Å². The molecule has 0 aromatic rings. The van der Waals surface area contributed by atoms with Gasteiger partial charge in [-0.3, -0.25) is 4.79 Å². The molecule has 1 saturated heterocycles. The molecule has 2 fully saturated rings. The summed E-state index contributed by atoms with van der Waals surface area (Å²) in [5.41, 5.74) is 5.54. The van der Waals surface area contributed by atoms with Crippen LogP contribution in [0.2, 0.25) is 0 Å². The van der Waals surface area contributed by atoms with Gasteiger partial charge < -0.3 is 10.8 Å². The van der Waals surface area contributed by atoms with E-state index in [2.05, 4.69) is 0 Å². The Morgan fingerprint density at radius 1 is 1.57 bits per heavy atom. The van der Waals surface area contributed by atoms with Crippen LogP contribution in [0.5, 0.6) is 0 Å². The molecule has 4 heteroatoms. The van der Waals surface area contributed by atoms with Gasteiger partial charge >= 0.3 is 5.97 Å². The van der Waals surface area contributed by atoms with Crippen molar-refractivity contribution >= 4 is 17.7 Å². The van der Waals surface area contributed by atoms with E-state index in [0.717, 1.165) is 25.0 Å². The van der Waals surface area contributed by atoms with Crippen molar-refractivity contribution in [1.82, 2.24) is 0 Å². The van der Waals surface area contributed by atoms with Gasteiger partial charge in [0.15, 0.2) is 0 Å². The molecule has 3 N–H and O–H groups in total. The molecule has 2 unspecified atom stereocenters. The molecule has 14 heavy (non-hydrogen) atoms. The van der Waals surface area contributed by atoms with Crippen LogP contribution in [0.4, 0.5) is 0 Å². The van der Waals surface area contributed by atoms with Crippen LogP contribution in [0.1, 0.15) is 25.7 Å². The second-order valence-electron chi connectivity index (χ2n) is 4.46. The van der Waals surface area contributed by atoms with Gasteiger partial charge in [0.05, 0.1) is 5.41 Å². The number of aliphatic carboxylic acids is 1. The highest BCUT2D eigenvalue weighted by molar-refractivity contribution is 7.99. The van der Waals surface area contributed by atoms with Crippen LogP contribution in [-0.2, 0) is 4.79 Å². The fraction of sp³-hybridized carbons (Fsp3) is 0.900. The molecule has 1 aliphatic carbocycles. The minimum absolute atomic E-state index is 0.118. The second kappa shape index (κ2) is 3.74. The lowest BCUT2D eigenvalue weighted by molar-refractivity contribution is -0.144. The van der Waals surface area contributed by atoms with Gasteiger partial charge in [0.1, 0.15) is 0 Å². The van der Waals surface area contributed by atoms with Gasteiger partial charge in [-0.05, 0) is 43.1 Å². The molecule has 1 aliphatic heterocycles. The average molecular weight is 215 g/mol. The fourth-order valence-corrected chi connectivity index (χ4v) is 3.54. The quantitative estimate of drug-likeness (QED) is 0.745. The van der Waals surface area contributed by atoms with Gasteiger partial charge in [0.25, 0.3) is 0 Å². The number of thioether (sulfide) groups is 1. The molecule has 80 valence electrons. The molecule has 0 bridgehead atoms. The normalized spacial score (nSPS) is 32.2. The predicted molar refractivity (Wildman–Crippen MR) is 57.3 cm³/mol. The number of nitrogens with two attached hydrogens (primary N) is 1. The van der Waals surface area contributed by atoms with Gasteiger partial charge in [-0.25, -0.2) is 0 Å². The lowest BCUT2D eigenvalue weighted by Gasteiger charge is -2.31. The Kier molecular flexibility index (Phi) is 2.75. The van der Waals surface area contributed by atoms with Crippen LogP contribution >= 0.6 is 11.8 Å². The Morgan fingerprint density at radius 3 is 2.71 bits per heavy atom. The van der Waals surface area contributed by atoms with Gasteiger partial charge in [-0.2, -0.15) is 11.8 Å². The average Bonchev–Trinajstić information content (AvgIpc) is 2.99. The third kappa shape index (κ3) is 1.65. The summed E-state index contributed by atoms with van der Waals surface area (Å²) >= 11 is 1.91. The van der Waals surface area contributed by atoms with E-state index in [1.807, 2.05) is 11.8 Å². The van der Waals surface area contributed by atoms with Crippen LogP contribution in [0.15, 0.2) is 0 Å². The first-order chi connectivity index (χ1) is 6.67. The second-order valence-corrected chi connectivity index (χ2v) is 5.61. The molecule has 0 radical (unpaired) electrons. The lowest BCUT2D eigenvalue weighted by Crippen LogP contribution is -2.45. The highest BCUT2D eigenvalue weighted by Crippen LogP contribution is 2.51. The van der Waals surface area contributed by atoms with Gasteiger partial charge in [-0.1, -0.05) is 0 Å². The third-order valence-corrected chi connectivity index (χ3v) is 4.80. The van der Waals surface area contributed by atoms with Crippen LogP contribution in [0.3, 0.4) is 0 Å². The van der Waals surface area contributed by atoms with E-state index in [-0.39, 0.29) is 6.04 Å². The highest BCUT2D eigenvalue weighted by atomic mass is 32.2. The summed E-state index contributed by atoms with van der Waals surface area (Å²) in [4.78, 5) is 11.1. The van der Waals surface area contributed by atoms with Crippen LogP contribution in [-0.4, -0.2) is 28.6 Å². The number of carboxylic acid groups (broad SMARTS) is 1. The van der Waals surface area contributed by atoms with Crippen molar-refractivity contribution in [1.29, 1.82) is 0 Å². The molecule has 0 aromatic heterocycles. The van der Waals surface area contributed by atoms with Gasteiger partial charge in [0.2, 0.25) is 0 Å². The molecule has 2 rings (SSSR count). The standard InChI is InChI=1S/C10H17NO2S/c11-8(7-2-1-5-14-6-7)10(3-4-10)9(12)13/h7-8H,1-6,11H2,(H,12,13). The largest absolute Gasteiger partial charge is 0.481 e. The molecular formula is C10H17NO2S. The first-order valence-corrected chi connectivity index (χ1v) is 6.39. The summed E-state index contributed by atoms with van der Waals surface area (Å²) in [6.45, 7) is 0. The zero-order valence-corrected chi connectivity index (χ0v) is 9.05. The van der Waals surface area contributed by atoms with E-state index in [1.165, 1.54) is 12.2 Å². The Labute approximate surface area is 88.4 Å². The monoisotopic (exact) mass is 215 g/mol. The maximum absolute atomic E-state index is 11.1. The van der Waals surface area contributed by atoms with Crippen molar-refractivity contribution in [2.75, 3.05) is 11.5 Å². The highest BCUT2D eigenvalue weighted by Gasteiger charge is 2.56. The Bertz CT molecular complexity index is 234. The Morgan fingerprint density at radius 2 is 2.29 bits per heavy atom. The van der Waals surface area contributed by atoms with E-state index in [1.54, 1.807) is 0 Å². The molecule has 2 atom stereocenters. The maximum atomic E-state index is 11.1. The summed E-state index contributed by atoms with van der Waals surface area (Å²) < 4.78 is 0. The number of carbonyl (C=O) groups is 1. The molecule has 0 spiro atoms. The number of hydrogen-bond acceptors (Lipinski definition) is 3. The molecule has 0 aromatic carbocycles. The third-order valence-electron chi connectivity index (χ3n) is 3.56. The lowest BCUT2D eigenvalue weighted by atomic mass is 9.84. The van der Waals surface area contributed by atoms with E-state index in [4.69, 9.17) is 10.8 Å². The van der Waals surface area contributed by atoms with Crippen molar-refractivity contribution < 1.29 is 9.90 Å². The molecule has 0 amide bonds. The summed E-state index contributed by atoms with van der Waals surface area (Å²) in [6.07, 6.45) is 3.87. The van der Waals surface area contributed by atoms with Crippen molar-refractivity contribution in [3.05, 3.63) is 0 Å². The van der Waals surface area contributed by atoms with Crippen molar-refractivity contribution in [3.63, 3.8) is 0 Å². The number of carboxylic acids is 1. The van der Waals surface area contributed by atoms with Crippen molar-refractivity contribution in [2.45, 2.75) is 31.7 Å². The van der Waals surface area contributed by atoms with Gasteiger partial charge in [-0.15, -0.1) is 0 Å². The summed E-state index contributed by atoms with van der Waals surface area (Å²) in [5.74, 6) is 2.01. The van der Waals surface area contributed by atoms with Crippen LogP contribution < -0.4 is 5.73 Å².